The molecule has 3 heterocycles. The number of imidazole rings is 1. The molecular formula is C16H22N6O. The minimum atomic E-state index is 0.255. The van der Waals surface area contributed by atoms with Gasteiger partial charge in [0, 0.05) is 51.1 Å². The van der Waals surface area contributed by atoms with Crippen LogP contribution in [0.1, 0.15) is 25.6 Å². The van der Waals surface area contributed by atoms with E-state index in [2.05, 4.69) is 19.9 Å². The largest absolute Gasteiger partial charge is 0.353 e. The van der Waals surface area contributed by atoms with E-state index in [4.69, 9.17) is 0 Å². The number of carbonyl (C=O) groups excluding carboxylic acids is 1. The van der Waals surface area contributed by atoms with Gasteiger partial charge in [-0.3, -0.25) is 9.36 Å². The Hall–Kier alpha value is -2.44. The zero-order valence-corrected chi connectivity index (χ0v) is 13.6. The Morgan fingerprint density at radius 2 is 1.91 bits per heavy atom. The molecule has 7 heteroatoms. The highest BCUT2D eigenvalue weighted by Crippen LogP contribution is 2.17. The Morgan fingerprint density at radius 1 is 1.17 bits per heavy atom. The lowest BCUT2D eigenvalue weighted by Gasteiger charge is -2.35. The zero-order valence-electron chi connectivity index (χ0n) is 13.6. The summed E-state index contributed by atoms with van der Waals surface area (Å²) in [5.41, 5.74) is 0. The van der Waals surface area contributed by atoms with E-state index in [1.54, 1.807) is 12.5 Å². The first kappa shape index (κ1) is 15.5. The molecule has 23 heavy (non-hydrogen) atoms. The standard InChI is InChI=1S/C16H22N6O/c1-3-4-16(23)21-9-7-20(8-10-21)14-11-15(19-13(2)18-14)22-6-5-17-12-22/h5-6,11-12H,3-4,7-10H2,1-2H3. The number of hydrogen-bond acceptors (Lipinski definition) is 5. The van der Waals surface area contributed by atoms with Gasteiger partial charge in [0.2, 0.25) is 5.91 Å². The van der Waals surface area contributed by atoms with Crippen LogP contribution < -0.4 is 4.90 Å². The van der Waals surface area contributed by atoms with Gasteiger partial charge in [0.05, 0.1) is 0 Å². The molecule has 0 N–H and O–H groups in total. The van der Waals surface area contributed by atoms with Gasteiger partial charge in [-0.25, -0.2) is 15.0 Å². The van der Waals surface area contributed by atoms with Crippen molar-refractivity contribution in [1.29, 1.82) is 0 Å². The molecule has 0 atom stereocenters. The van der Waals surface area contributed by atoms with Gasteiger partial charge in [-0.1, -0.05) is 6.92 Å². The fraction of sp³-hybridized carbons (Fsp3) is 0.500. The Bertz CT molecular complexity index is 661. The van der Waals surface area contributed by atoms with Crippen LogP contribution in [0.2, 0.25) is 0 Å². The van der Waals surface area contributed by atoms with E-state index in [-0.39, 0.29) is 5.91 Å². The second kappa shape index (κ2) is 6.76. The summed E-state index contributed by atoms with van der Waals surface area (Å²) in [5.74, 6) is 2.71. The molecule has 1 amide bonds. The number of piperazine rings is 1. The third-order valence-corrected chi connectivity index (χ3v) is 4.00. The van der Waals surface area contributed by atoms with Gasteiger partial charge in [0.1, 0.15) is 23.8 Å². The maximum Gasteiger partial charge on any atom is 0.222 e. The molecule has 0 bridgehead atoms. The molecule has 3 rings (SSSR count). The molecule has 2 aromatic heterocycles. The van der Waals surface area contributed by atoms with Gasteiger partial charge in [0.15, 0.2) is 0 Å². The predicted octanol–water partition coefficient (Wildman–Crippen LogP) is 1.42. The average Bonchev–Trinajstić information content (AvgIpc) is 3.09. The molecule has 1 aliphatic rings. The number of rotatable bonds is 4. The van der Waals surface area contributed by atoms with E-state index in [1.807, 2.05) is 35.6 Å². The monoisotopic (exact) mass is 314 g/mol. The SMILES string of the molecule is CCCC(=O)N1CCN(c2cc(-n3ccnc3)nc(C)n2)CC1. The van der Waals surface area contributed by atoms with E-state index < -0.39 is 0 Å². The number of hydrogen-bond donors (Lipinski definition) is 0. The number of aryl methyl sites for hydroxylation is 1. The molecule has 7 nitrogen and oxygen atoms in total. The second-order valence-electron chi connectivity index (χ2n) is 5.72. The first-order valence-corrected chi connectivity index (χ1v) is 8.04. The topological polar surface area (TPSA) is 67.2 Å². The van der Waals surface area contributed by atoms with Crippen LogP contribution in [-0.4, -0.2) is 56.5 Å². The summed E-state index contributed by atoms with van der Waals surface area (Å²) in [4.78, 5) is 29.2. The van der Waals surface area contributed by atoms with Crippen LogP contribution in [0, 0.1) is 6.92 Å². The summed E-state index contributed by atoms with van der Waals surface area (Å²) in [6.07, 6.45) is 6.87. The summed E-state index contributed by atoms with van der Waals surface area (Å²) in [5, 5.41) is 0. The lowest BCUT2D eigenvalue weighted by molar-refractivity contribution is -0.131. The van der Waals surface area contributed by atoms with E-state index >= 15 is 0 Å². The molecule has 0 spiro atoms. The maximum absolute atomic E-state index is 12.0. The van der Waals surface area contributed by atoms with Crippen molar-refractivity contribution < 1.29 is 4.79 Å². The minimum Gasteiger partial charge on any atom is -0.353 e. The minimum absolute atomic E-state index is 0.255. The molecular weight excluding hydrogens is 292 g/mol. The summed E-state index contributed by atoms with van der Waals surface area (Å²) in [6.45, 7) is 7.04. The van der Waals surface area contributed by atoms with Crippen LogP contribution in [0.3, 0.4) is 0 Å². The molecule has 122 valence electrons. The van der Waals surface area contributed by atoms with E-state index in [0.717, 1.165) is 50.1 Å². The Kier molecular flexibility index (Phi) is 4.55. The molecule has 0 radical (unpaired) electrons. The highest BCUT2D eigenvalue weighted by molar-refractivity contribution is 5.76. The second-order valence-corrected chi connectivity index (χ2v) is 5.72. The molecule has 1 aliphatic heterocycles. The molecule has 2 aromatic rings. The van der Waals surface area contributed by atoms with Crippen LogP contribution in [-0.2, 0) is 4.79 Å². The third-order valence-electron chi connectivity index (χ3n) is 4.00. The molecule has 1 saturated heterocycles. The van der Waals surface area contributed by atoms with Gasteiger partial charge in [-0.05, 0) is 13.3 Å². The van der Waals surface area contributed by atoms with Crippen LogP contribution in [0.5, 0.6) is 0 Å². The Morgan fingerprint density at radius 3 is 2.57 bits per heavy atom. The normalized spacial score (nSPS) is 15.0. The number of anilines is 1. The van der Waals surface area contributed by atoms with Crippen LogP contribution in [0.25, 0.3) is 5.82 Å². The number of nitrogens with zero attached hydrogens (tertiary/aromatic N) is 6. The molecule has 0 unspecified atom stereocenters. The number of carbonyl (C=O) groups is 1. The Balaban J connectivity index is 1.72. The number of amides is 1. The van der Waals surface area contributed by atoms with Crippen molar-refractivity contribution in [3.63, 3.8) is 0 Å². The lowest BCUT2D eigenvalue weighted by atomic mass is 10.2. The maximum atomic E-state index is 12.0. The first-order chi connectivity index (χ1) is 11.2. The summed E-state index contributed by atoms with van der Waals surface area (Å²) in [6, 6.07) is 1.97. The summed E-state index contributed by atoms with van der Waals surface area (Å²) < 4.78 is 1.87. The van der Waals surface area contributed by atoms with Crippen LogP contribution >= 0.6 is 0 Å². The van der Waals surface area contributed by atoms with Crippen molar-refractivity contribution in [2.24, 2.45) is 0 Å². The van der Waals surface area contributed by atoms with E-state index in [9.17, 15) is 4.79 Å². The van der Waals surface area contributed by atoms with Gasteiger partial charge >= 0.3 is 0 Å². The lowest BCUT2D eigenvalue weighted by Crippen LogP contribution is -2.49. The van der Waals surface area contributed by atoms with Crippen molar-refractivity contribution >= 4 is 11.7 Å². The average molecular weight is 314 g/mol. The first-order valence-electron chi connectivity index (χ1n) is 8.04. The quantitative estimate of drug-likeness (QED) is 0.854. The third kappa shape index (κ3) is 3.49. The number of aromatic nitrogens is 4. The highest BCUT2D eigenvalue weighted by Gasteiger charge is 2.22. The van der Waals surface area contributed by atoms with Gasteiger partial charge in [-0.15, -0.1) is 0 Å². The van der Waals surface area contributed by atoms with Gasteiger partial charge in [0.25, 0.3) is 0 Å². The smallest absolute Gasteiger partial charge is 0.222 e. The van der Waals surface area contributed by atoms with Crippen molar-refractivity contribution in [3.8, 4) is 5.82 Å². The molecule has 0 saturated carbocycles. The van der Waals surface area contributed by atoms with Crippen molar-refractivity contribution in [3.05, 3.63) is 30.6 Å². The van der Waals surface area contributed by atoms with Crippen molar-refractivity contribution in [2.75, 3.05) is 31.1 Å². The van der Waals surface area contributed by atoms with Crippen molar-refractivity contribution in [1.82, 2.24) is 24.4 Å². The summed E-state index contributed by atoms with van der Waals surface area (Å²) >= 11 is 0. The zero-order chi connectivity index (χ0) is 16.2. The van der Waals surface area contributed by atoms with Crippen LogP contribution in [0.15, 0.2) is 24.8 Å². The molecule has 0 aliphatic carbocycles. The van der Waals surface area contributed by atoms with Gasteiger partial charge in [-0.2, -0.15) is 0 Å². The predicted molar refractivity (Wildman–Crippen MR) is 87.6 cm³/mol. The summed E-state index contributed by atoms with van der Waals surface area (Å²) in [7, 11) is 0. The van der Waals surface area contributed by atoms with Crippen molar-refractivity contribution in [2.45, 2.75) is 26.7 Å². The fourth-order valence-electron chi connectivity index (χ4n) is 2.78. The van der Waals surface area contributed by atoms with Crippen LogP contribution in [0.4, 0.5) is 5.82 Å². The Labute approximate surface area is 136 Å². The van der Waals surface area contributed by atoms with E-state index in [0.29, 0.717) is 6.42 Å². The highest BCUT2D eigenvalue weighted by atomic mass is 16.2. The van der Waals surface area contributed by atoms with E-state index in [1.165, 1.54) is 0 Å². The fourth-order valence-corrected chi connectivity index (χ4v) is 2.78. The molecule has 1 fully saturated rings. The molecule has 0 aromatic carbocycles. The van der Waals surface area contributed by atoms with Gasteiger partial charge < -0.3 is 9.80 Å².